The lowest BCUT2D eigenvalue weighted by atomic mass is 9.92. The third kappa shape index (κ3) is 4.76. The molecule has 1 aliphatic rings. The van der Waals surface area contributed by atoms with Gasteiger partial charge in [0.1, 0.15) is 0 Å². The monoisotopic (exact) mass is 294 g/mol. The molecule has 1 aromatic rings. The molecule has 1 saturated heterocycles. The fourth-order valence-electron chi connectivity index (χ4n) is 2.54. The second-order valence-electron chi connectivity index (χ2n) is 5.80. The van der Waals surface area contributed by atoms with Gasteiger partial charge in [-0.25, -0.2) is 0 Å². The second kappa shape index (κ2) is 7.87. The summed E-state index contributed by atoms with van der Waals surface area (Å²) in [5, 5.41) is 23.2. The minimum Gasteiger partial charge on any atom is -0.394 e. The first-order chi connectivity index (χ1) is 10.1. The van der Waals surface area contributed by atoms with E-state index < -0.39 is 11.6 Å². The first-order valence-electron chi connectivity index (χ1n) is 7.53. The second-order valence-corrected chi connectivity index (χ2v) is 5.80. The summed E-state index contributed by atoms with van der Waals surface area (Å²) in [6.07, 6.45) is -0.460. The minimum atomic E-state index is -0.534. The number of aliphatic hydroxyl groups excluding tert-OH is 2. The Balaban J connectivity index is 1.84. The Bertz CT molecular complexity index is 409. The number of benzene rings is 1. The summed E-state index contributed by atoms with van der Waals surface area (Å²) < 4.78 is 5.30. The summed E-state index contributed by atoms with van der Waals surface area (Å²) in [4.78, 5) is 2.20. The minimum absolute atomic E-state index is 0.0126. The molecule has 1 fully saturated rings. The number of hydrogen-bond acceptors (Lipinski definition) is 5. The number of hydrogen-bond donors (Lipinski definition) is 3. The van der Waals surface area contributed by atoms with Gasteiger partial charge in [-0.1, -0.05) is 30.3 Å². The lowest BCUT2D eigenvalue weighted by molar-refractivity contribution is 0.0126. The van der Waals surface area contributed by atoms with Gasteiger partial charge in [-0.05, 0) is 12.5 Å². The van der Waals surface area contributed by atoms with Crippen LogP contribution in [0, 0.1) is 0 Å². The van der Waals surface area contributed by atoms with Gasteiger partial charge in [-0.3, -0.25) is 4.90 Å². The maximum absolute atomic E-state index is 10.2. The van der Waals surface area contributed by atoms with E-state index in [9.17, 15) is 10.2 Å². The van der Waals surface area contributed by atoms with Crippen molar-refractivity contribution in [2.75, 3.05) is 46.0 Å². The van der Waals surface area contributed by atoms with Gasteiger partial charge < -0.3 is 20.3 Å². The van der Waals surface area contributed by atoms with Gasteiger partial charge in [0.05, 0.1) is 31.5 Å². The highest BCUT2D eigenvalue weighted by Crippen LogP contribution is 2.19. The molecule has 0 spiro atoms. The maximum Gasteiger partial charge on any atom is 0.0791 e. The lowest BCUT2D eigenvalue weighted by Crippen LogP contribution is -2.49. The molecule has 0 amide bonds. The Morgan fingerprint density at radius 1 is 1.29 bits per heavy atom. The van der Waals surface area contributed by atoms with Gasteiger partial charge in [0.15, 0.2) is 0 Å². The van der Waals surface area contributed by atoms with E-state index in [0.717, 1.165) is 31.9 Å². The summed E-state index contributed by atoms with van der Waals surface area (Å²) in [5.41, 5.74) is 0.485. The third-order valence-corrected chi connectivity index (χ3v) is 4.03. The average Bonchev–Trinajstić information content (AvgIpc) is 2.54. The molecule has 2 rings (SSSR count). The van der Waals surface area contributed by atoms with E-state index in [0.29, 0.717) is 13.1 Å². The molecule has 21 heavy (non-hydrogen) atoms. The quantitative estimate of drug-likeness (QED) is 0.669. The van der Waals surface area contributed by atoms with Crippen LogP contribution >= 0.6 is 0 Å². The molecule has 1 aromatic carbocycles. The summed E-state index contributed by atoms with van der Waals surface area (Å²) in [5.74, 6) is 0. The standard InChI is InChI=1S/C16H26N2O3/c1-16(13-19,14-5-3-2-4-6-14)17-11-15(20)12-18-7-9-21-10-8-18/h2-6,15,17,19-20H,7-13H2,1H3. The van der Waals surface area contributed by atoms with Crippen LogP contribution in [0.4, 0.5) is 0 Å². The van der Waals surface area contributed by atoms with Crippen LogP contribution in [0.25, 0.3) is 0 Å². The number of nitrogens with zero attached hydrogens (tertiary/aromatic N) is 1. The number of aliphatic hydroxyl groups is 2. The molecule has 0 radical (unpaired) electrons. The molecule has 118 valence electrons. The zero-order chi connectivity index (χ0) is 15.1. The van der Waals surface area contributed by atoms with Crippen molar-refractivity contribution in [3.05, 3.63) is 35.9 Å². The van der Waals surface area contributed by atoms with Crippen LogP contribution in [0.3, 0.4) is 0 Å². The Kier molecular flexibility index (Phi) is 6.14. The van der Waals surface area contributed by atoms with Gasteiger partial charge in [-0.2, -0.15) is 0 Å². The molecule has 5 nitrogen and oxygen atoms in total. The SMILES string of the molecule is CC(CO)(NCC(O)CN1CCOCC1)c1ccccc1. The zero-order valence-electron chi connectivity index (χ0n) is 12.7. The Hall–Kier alpha value is -0.980. The largest absolute Gasteiger partial charge is 0.394 e. The Morgan fingerprint density at radius 3 is 2.57 bits per heavy atom. The van der Waals surface area contributed by atoms with Crippen molar-refractivity contribution in [2.45, 2.75) is 18.6 Å². The lowest BCUT2D eigenvalue weighted by Gasteiger charge is -2.33. The van der Waals surface area contributed by atoms with Crippen molar-refractivity contribution < 1.29 is 14.9 Å². The molecule has 3 N–H and O–H groups in total. The number of β-amino-alcohol motifs (C(OH)–C–C–N with tert-alkyl or cyclic N) is 1. The molecule has 0 saturated carbocycles. The van der Waals surface area contributed by atoms with Crippen LogP contribution in [0.15, 0.2) is 30.3 Å². The number of nitrogens with one attached hydrogen (secondary N) is 1. The molecule has 0 aliphatic carbocycles. The first kappa shape index (κ1) is 16.4. The third-order valence-electron chi connectivity index (χ3n) is 4.03. The van der Waals surface area contributed by atoms with Crippen molar-refractivity contribution in [3.63, 3.8) is 0 Å². The van der Waals surface area contributed by atoms with Gasteiger partial charge in [0.25, 0.3) is 0 Å². The highest BCUT2D eigenvalue weighted by Gasteiger charge is 2.26. The van der Waals surface area contributed by atoms with Crippen LogP contribution < -0.4 is 5.32 Å². The fourth-order valence-corrected chi connectivity index (χ4v) is 2.54. The molecule has 2 unspecified atom stereocenters. The summed E-state index contributed by atoms with van der Waals surface area (Å²) in [6.45, 7) is 6.22. The molecule has 5 heteroatoms. The maximum atomic E-state index is 10.2. The predicted molar refractivity (Wildman–Crippen MR) is 82.1 cm³/mol. The average molecular weight is 294 g/mol. The summed E-state index contributed by atoms with van der Waals surface area (Å²) >= 11 is 0. The van der Waals surface area contributed by atoms with Crippen LogP contribution in [0.2, 0.25) is 0 Å². The smallest absolute Gasteiger partial charge is 0.0791 e. The van der Waals surface area contributed by atoms with E-state index in [1.54, 1.807) is 0 Å². The molecule has 2 atom stereocenters. The van der Waals surface area contributed by atoms with Gasteiger partial charge >= 0.3 is 0 Å². The van der Waals surface area contributed by atoms with Gasteiger partial charge in [-0.15, -0.1) is 0 Å². The first-order valence-corrected chi connectivity index (χ1v) is 7.53. The van der Waals surface area contributed by atoms with Crippen molar-refractivity contribution in [2.24, 2.45) is 0 Å². The number of ether oxygens (including phenoxy) is 1. The molecule has 1 aliphatic heterocycles. The summed E-state index contributed by atoms with van der Waals surface area (Å²) in [7, 11) is 0. The highest BCUT2D eigenvalue weighted by atomic mass is 16.5. The van der Waals surface area contributed by atoms with E-state index in [-0.39, 0.29) is 6.61 Å². The van der Waals surface area contributed by atoms with Crippen molar-refractivity contribution in [1.82, 2.24) is 10.2 Å². The predicted octanol–water partition coefficient (Wildman–Crippen LogP) is 0.177. The Labute approximate surface area is 126 Å². The normalized spacial score (nSPS) is 20.9. The van der Waals surface area contributed by atoms with Crippen LogP contribution in [-0.4, -0.2) is 67.2 Å². The molecule has 0 bridgehead atoms. The number of morpholine rings is 1. The Morgan fingerprint density at radius 2 is 1.95 bits per heavy atom. The molecule has 1 heterocycles. The summed E-state index contributed by atoms with van der Waals surface area (Å²) in [6, 6.07) is 9.83. The van der Waals surface area contributed by atoms with Crippen molar-refractivity contribution in [3.8, 4) is 0 Å². The van der Waals surface area contributed by atoms with Crippen LogP contribution in [-0.2, 0) is 10.3 Å². The molecular weight excluding hydrogens is 268 g/mol. The van der Waals surface area contributed by atoms with E-state index in [4.69, 9.17) is 4.74 Å². The van der Waals surface area contributed by atoms with Crippen LogP contribution in [0.1, 0.15) is 12.5 Å². The van der Waals surface area contributed by atoms with Gasteiger partial charge in [0.2, 0.25) is 0 Å². The number of rotatable bonds is 7. The van der Waals surface area contributed by atoms with Gasteiger partial charge in [0, 0.05) is 26.2 Å². The van der Waals surface area contributed by atoms with E-state index in [2.05, 4.69) is 10.2 Å². The molecular formula is C16H26N2O3. The zero-order valence-corrected chi connectivity index (χ0v) is 12.7. The highest BCUT2D eigenvalue weighted by molar-refractivity contribution is 5.23. The van der Waals surface area contributed by atoms with E-state index in [1.165, 1.54) is 0 Å². The van der Waals surface area contributed by atoms with E-state index in [1.807, 2.05) is 37.3 Å². The fraction of sp³-hybridized carbons (Fsp3) is 0.625. The van der Waals surface area contributed by atoms with Crippen molar-refractivity contribution in [1.29, 1.82) is 0 Å². The van der Waals surface area contributed by atoms with Crippen LogP contribution in [0.5, 0.6) is 0 Å². The van der Waals surface area contributed by atoms with Crippen molar-refractivity contribution >= 4 is 0 Å². The molecule has 0 aromatic heterocycles. The van der Waals surface area contributed by atoms with E-state index >= 15 is 0 Å². The topological polar surface area (TPSA) is 65.0 Å².